The lowest BCUT2D eigenvalue weighted by molar-refractivity contribution is -0.116. The quantitative estimate of drug-likeness (QED) is 0.727. The molecule has 0 bridgehead atoms. The van der Waals surface area contributed by atoms with Gasteiger partial charge in [-0.25, -0.2) is 8.42 Å². The summed E-state index contributed by atoms with van der Waals surface area (Å²) in [4.78, 5) is 16.6. The fourth-order valence-corrected chi connectivity index (χ4v) is 3.67. The molecule has 0 spiro atoms. The molecular weight excluding hydrogens is 374 g/mol. The number of hydrogen-bond acceptors (Lipinski definition) is 4. The molecule has 0 radical (unpaired) electrons. The first-order valence-electron chi connectivity index (χ1n) is 7.73. The molecule has 0 aliphatic heterocycles. The molecular formula is C18H16ClN3O3S. The normalized spacial score (nSPS) is 11.7. The number of halogens is 1. The summed E-state index contributed by atoms with van der Waals surface area (Å²) >= 11 is 5.78. The lowest BCUT2D eigenvalue weighted by Crippen LogP contribution is -2.34. The highest BCUT2D eigenvalue weighted by molar-refractivity contribution is 7.89. The SMILES string of the molecule is CN(CC(=O)Nc1cnc2ccccc2c1)S(=O)(=O)c1ccc(Cl)cc1. The molecule has 2 aromatic carbocycles. The topological polar surface area (TPSA) is 79.4 Å². The van der Waals surface area contributed by atoms with E-state index in [1.54, 1.807) is 6.07 Å². The zero-order valence-corrected chi connectivity index (χ0v) is 15.5. The highest BCUT2D eigenvalue weighted by Crippen LogP contribution is 2.18. The number of rotatable bonds is 5. The first-order valence-corrected chi connectivity index (χ1v) is 9.54. The molecule has 26 heavy (non-hydrogen) atoms. The smallest absolute Gasteiger partial charge is 0.243 e. The zero-order chi connectivity index (χ0) is 18.7. The van der Waals surface area contributed by atoms with Gasteiger partial charge in [-0.05, 0) is 36.4 Å². The van der Waals surface area contributed by atoms with Gasteiger partial charge in [-0.1, -0.05) is 29.8 Å². The standard InChI is InChI=1S/C18H16ClN3O3S/c1-22(26(24,25)16-8-6-14(19)7-9-16)12-18(23)21-15-10-13-4-2-3-5-17(13)20-11-15/h2-11H,12H2,1H3,(H,21,23). The van der Waals surface area contributed by atoms with Crippen LogP contribution < -0.4 is 5.32 Å². The number of likely N-dealkylation sites (N-methyl/N-ethyl adjacent to an activating group) is 1. The second-order valence-electron chi connectivity index (χ2n) is 5.68. The van der Waals surface area contributed by atoms with E-state index >= 15 is 0 Å². The number of carbonyl (C=O) groups excluding carboxylic acids is 1. The fourth-order valence-electron chi connectivity index (χ4n) is 2.41. The molecule has 1 aromatic heterocycles. The lowest BCUT2D eigenvalue weighted by atomic mass is 10.2. The second-order valence-corrected chi connectivity index (χ2v) is 8.16. The van der Waals surface area contributed by atoms with Crippen LogP contribution >= 0.6 is 11.6 Å². The van der Waals surface area contributed by atoms with Crippen LogP contribution in [0.5, 0.6) is 0 Å². The molecule has 0 saturated carbocycles. The Balaban J connectivity index is 1.71. The highest BCUT2D eigenvalue weighted by Gasteiger charge is 2.23. The van der Waals surface area contributed by atoms with Gasteiger partial charge in [-0.2, -0.15) is 4.31 Å². The average Bonchev–Trinajstić information content (AvgIpc) is 2.61. The van der Waals surface area contributed by atoms with Gasteiger partial charge in [0.1, 0.15) is 0 Å². The highest BCUT2D eigenvalue weighted by atomic mass is 35.5. The third-order valence-electron chi connectivity index (χ3n) is 3.76. The summed E-state index contributed by atoms with van der Waals surface area (Å²) in [7, 11) is -2.43. The van der Waals surface area contributed by atoms with E-state index in [0.29, 0.717) is 10.7 Å². The van der Waals surface area contributed by atoms with Gasteiger partial charge in [-0.15, -0.1) is 0 Å². The first-order chi connectivity index (χ1) is 12.4. The number of para-hydroxylation sites is 1. The molecule has 0 aliphatic rings. The summed E-state index contributed by atoms with van der Waals surface area (Å²) < 4.78 is 26.0. The third-order valence-corrected chi connectivity index (χ3v) is 5.83. The van der Waals surface area contributed by atoms with Crippen molar-refractivity contribution >= 4 is 44.1 Å². The number of sulfonamides is 1. The van der Waals surface area contributed by atoms with Gasteiger partial charge in [0.2, 0.25) is 15.9 Å². The van der Waals surface area contributed by atoms with E-state index in [4.69, 9.17) is 11.6 Å². The fraction of sp³-hybridized carbons (Fsp3) is 0.111. The van der Waals surface area contributed by atoms with Gasteiger partial charge in [0.05, 0.1) is 28.8 Å². The van der Waals surface area contributed by atoms with E-state index in [0.717, 1.165) is 15.2 Å². The van der Waals surface area contributed by atoms with Crippen molar-refractivity contribution in [2.75, 3.05) is 18.9 Å². The number of benzene rings is 2. The summed E-state index contributed by atoms with van der Waals surface area (Å²) in [5.74, 6) is -0.456. The maximum absolute atomic E-state index is 12.5. The molecule has 0 atom stereocenters. The van der Waals surface area contributed by atoms with Gasteiger partial charge >= 0.3 is 0 Å². The summed E-state index contributed by atoms with van der Waals surface area (Å²) in [6.07, 6.45) is 1.54. The molecule has 3 aromatic rings. The van der Waals surface area contributed by atoms with E-state index < -0.39 is 15.9 Å². The van der Waals surface area contributed by atoms with Crippen LogP contribution in [0, 0.1) is 0 Å². The molecule has 0 unspecified atom stereocenters. The minimum absolute atomic E-state index is 0.0737. The minimum Gasteiger partial charge on any atom is -0.324 e. The Hall–Kier alpha value is -2.48. The number of aromatic nitrogens is 1. The van der Waals surface area contributed by atoms with E-state index in [1.165, 1.54) is 37.5 Å². The van der Waals surface area contributed by atoms with Crippen LogP contribution in [0.4, 0.5) is 5.69 Å². The number of hydrogen-bond donors (Lipinski definition) is 1. The van der Waals surface area contributed by atoms with Gasteiger partial charge in [-0.3, -0.25) is 9.78 Å². The molecule has 0 fully saturated rings. The molecule has 0 saturated heterocycles. The van der Waals surface area contributed by atoms with Crippen molar-refractivity contribution < 1.29 is 13.2 Å². The summed E-state index contributed by atoms with van der Waals surface area (Å²) in [5.41, 5.74) is 1.32. The van der Waals surface area contributed by atoms with Gasteiger partial charge < -0.3 is 5.32 Å². The Bertz CT molecular complexity index is 1050. The van der Waals surface area contributed by atoms with Crippen molar-refractivity contribution in [3.8, 4) is 0 Å². The van der Waals surface area contributed by atoms with Gasteiger partial charge in [0.15, 0.2) is 0 Å². The van der Waals surface area contributed by atoms with Crippen molar-refractivity contribution in [2.24, 2.45) is 0 Å². The van der Waals surface area contributed by atoms with Gasteiger partial charge in [0.25, 0.3) is 0 Å². The Kier molecular flexibility index (Phi) is 5.22. The van der Waals surface area contributed by atoms with Crippen LogP contribution in [0.3, 0.4) is 0 Å². The van der Waals surface area contributed by atoms with Crippen molar-refractivity contribution in [3.63, 3.8) is 0 Å². The number of anilines is 1. The second kappa shape index (κ2) is 7.41. The average molecular weight is 390 g/mol. The van der Waals surface area contributed by atoms with Gasteiger partial charge in [0, 0.05) is 17.5 Å². The number of amides is 1. The summed E-state index contributed by atoms with van der Waals surface area (Å²) in [6.45, 7) is -0.322. The number of fused-ring (bicyclic) bond motifs is 1. The van der Waals surface area contributed by atoms with Crippen LogP contribution in [0.25, 0.3) is 10.9 Å². The predicted molar refractivity (Wildman–Crippen MR) is 102 cm³/mol. The van der Waals surface area contributed by atoms with Crippen molar-refractivity contribution in [2.45, 2.75) is 4.90 Å². The largest absolute Gasteiger partial charge is 0.324 e. The number of nitrogens with one attached hydrogen (secondary N) is 1. The maximum atomic E-state index is 12.5. The van der Waals surface area contributed by atoms with Crippen molar-refractivity contribution in [1.29, 1.82) is 0 Å². The van der Waals surface area contributed by atoms with Crippen molar-refractivity contribution in [1.82, 2.24) is 9.29 Å². The first kappa shape index (κ1) is 18.3. The molecule has 3 rings (SSSR count). The van der Waals surface area contributed by atoms with E-state index in [2.05, 4.69) is 10.3 Å². The van der Waals surface area contributed by atoms with Crippen LogP contribution in [0.2, 0.25) is 5.02 Å². The minimum atomic E-state index is -3.78. The molecule has 0 aliphatic carbocycles. The molecule has 1 N–H and O–H groups in total. The predicted octanol–water partition coefficient (Wildman–Crippen LogP) is 3.15. The third kappa shape index (κ3) is 4.01. The molecule has 134 valence electrons. The molecule has 1 amide bonds. The molecule has 6 nitrogen and oxygen atoms in total. The monoisotopic (exact) mass is 389 g/mol. The number of pyridine rings is 1. The number of carbonyl (C=O) groups is 1. The molecule has 1 heterocycles. The summed E-state index contributed by atoms with van der Waals surface area (Å²) in [5, 5.41) is 3.99. The van der Waals surface area contributed by atoms with Crippen LogP contribution in [0.15, 0.2) is 65.7 Å². The van der Waals surface area contributed by atoms with E-state index in [1.807, 2.05) is 24.3 Å². The Morgan fingerprint density at radius 2 is 1.85 bits per heavy atom. The zero-order valence-electron chi connectivity index (χ0n) is 13.9. The van der Waals surface area contributed by atoms with E-state index in [-0.39, 0.29) is 11.4 Å². The molecule has 8 heteroatoms. The lowest BCUT2D eigenvalue weighted by Gasteiger charge is -2.17. The number of nitrogens with zero attached hydrogens (tertiary/aromatic N) is 2. The van der Waals surface area contributed by atoms with Crippen LogP contribution in [-0.2, 0) is 14.8 Å². The van der Waals surface area contributed by atoms with Crippen LogP contribution in [-0.4, -0.2) is 37.2 Å². The summed E-state index contributed by atoms with van der Waals surface area (Å²) in [6, 6.07) is 15.1. The Labute approximate surface area is 156 Å². The maximum Gasteiger partial charge on any atom is 0.243 e. The van der Waals surface area contributed by atoms with E-state index in [9.17, 15) is 13.2 Å². The van der Waals surface area contributed by atoms with Crippen molar-refractivity contribution in [3.05, 3.63) is 65.8 Å². The Morgan fingerprint density at radius 3 is 2.58 bits per heavy atom. The Morgan fingerprint density at radius 1 is 1.15 bits per heavy atom. The van der Waals surface area contributed by atoms with Crippen LogP contribution in [0.1, 0.15) is 0 Å².